The zero-order valence-electron chi connectivity index (χ0n) is 16.5. The highest BCUT2D eigenvalue weighted by atomic mass is 16.5. The van der Waals surface area contributed by atoms with Gasteiger partial charge in [-0.05, 0) is 55.7 Å². The van der Waals surface area contributed by atoms with Crippen LogP contribution in [-0.4, -0.2) is 36.5 Å². The molecule has 148 valence electrons. The van der Waals surface area contributed by atoms with E-state index in [4.69, 9.17) is 10.1 Å². The summed E-state index contributed by atoms with van der Waals surface area (Å²) in [5.74, 6) is 1.31. The lowest BCUT2D eigenvalue weighted by Gasteiger charge is -2.32. The number of nitrogens with zero attached hydrogens (tertiary/aromatic N) is 1. The molecule has 0 spiro atoms. The fraction of sp³-hybridized carbons (Fsp3) is 0.348. The fourth-order valence-electron chi connectivity index (χ4n) is 3.38. The lowest BCUT2D eigenvalue weighted by molar-refractivity contribution is 0.199. The smallest absolute Gasteiger partial charge is 0.119 e. The summed E-state index contributed by atoms with van der Waals surface area (Å²) in [7, 11) is 0. The molecule has 1 aliphatic rings. The summed E-state index contributed by atoms with van der Waals surface area (Å²) in [6.07, 6.45) is 5.70. The molecule has 28 heavy (non-hydrogen) atoms. The maximum atomic E-state index is 8.14. The van der Waals surface area contributed by atoms with Crippen LogP contribution >= 0.6 is 0 Å². The van der Waals surface area contributed by atoms with E-state index in [-0.39, 0.29) is 0 Å². The SMILES string of the molecule is CCOc1ccc(N/C=C\C(=N)NC2CCN(Cc3ccccc3)CC2)cc1. The number of benzene rings is 2. The van der Waals surface area contributed by atoms with E-state index in [0.29, 0.717) is 18.5 Å². The third-order valence-electron chi connectivity index (χ3n) is 4.86. The van der Waals surface area contributed by atoms with Crippen molar-refractivity contribution in [3.63, 3.8) is 0 Å². The number of piperidine rings is 1. The highest BCUT2D eigenvalue weighted by Gasteiger charge is 2.19. The molecule has 0 bridgehead atoms. The first-order valence-electron chi connectivity index (χ1n) is 10.0. The summed E-state index contributed by atoms with van der Waals surface area (Å²) < 4.78 is 5.44. The molecule has 2 aromatic rings. The molecule has 5 nitrogen and oxygen atoms in total. The number of hydrogen-bond acceptors (Lipinski definition) is 4. The number of rotatable bonds is 8. The molecule has 0 atom stereocenters. The minimum Gasteiger partial charge on any atom is -0.494 e. The number of ether oxygens (including phenoxy) is 1. The molecule has 0 saturated carbocycles. The van der Waals surface area contributed by atoms with Gasteiger partial charge in [-0.3, -0.25) is 10.3 Å². The standard InChI is InChI=1S/C23H30N4O/c1-2-28-22-10-8-20(9-11-22)25-15-12-23(24)26-21-13-16-27(17-14-21)18-19-6-4-3-5-7-19/h3-12,15,21,25H,2,13-14,16-18H2,1H3,(H2,24,26)/b15-12-. The summed E-state index contributed by atoms with van der Waals surface area (Å²) >= 11 is 0. The van der Waals surface area contributed by atoms with Crippen molar-refractivity contribution in [2.75, 3.05) is 25.0 Å². The Morgan fingerprint density at radius 2 is 1.82 bits per heavy atom. The first kappa shape index (κ1) is 20.0. The molecule has 0 radical (unpaired) electrons. The first-order valence-corrected chi connectivity index (χ1v) is 10.0. The van der Waals surface area contributed by atoms with Crippen molar-refractivity contribution in [1.29, 1.82) is 5.41 Å². The van der Waals surface area contributed by atoms with Crippen molar-refractivity contribution in [3.05, 3.63) is 72.4 Å². The Morgan fingerprint density at radius 1 is 1.11 bits per heavy atom. The Kier molecular flexibility index (Phi) is 7.50. The Hall–Kier alpha value is -2.79. The maximum Gasteiger partial charge on any atom is 0.119 e. The Labute approximate surface area is 167 Å². The van der Waals surface area contributed by atoms with Crippen LogP contribution in [0.3, 0.4) is 0 Å². The van der Waals surface area contributed by atoms with Crippen LogP contribution in [0.4, 0.5) is 5.69 Å². The summed E-state index contributed by atoms with van der Waals surface area (Å²) in [5.41, 5.74) is 2.34. The van der Waals surface area contributed by atoms with Crippen LogP contribution in [-0.2, 0) is 6.54 Å². The second-order valence-electron chi connectivity index (χ2n) is 7.03. The van der Waals surface area contributed by atoms with E-state index in [1.165, 1.54) is 5.56 Å². The second-order valence-corrected chi connectivity index (χ2v) is 7.03. The van der Waals surface area contributed by atoms with Crippen LogP contribution in [0.5, 0.6) is 5.75 Å². The van der Waals surface area contributed by atoms with E-state index < -0.39 is 0 Å². The molecular weight excluding hydrogens is 348 g/mol. The minimum absolute atomic E-state index is 0.370. The van der Waals surface area contributed by atoms with Gasteiger partial charge in [-0.25, -0.2) is 0 Å². The van der Waals surface area contributed by atoms with Crippen molar-refractivity contribution >= 4 is 11.5 Å². The highest BCUT2D eigenvalue weighted by Crippen LogP contribution is 2.16. The predicted octanol–water partition coefficient (Wildman–Crippen LogP) is 4.24. The normalized spacial score (nSPS) is 15.5. The van der Waals surface area contributed by atoms with Gasteiger partial charge >= 0.3 is 0 Å². The monoisotopic (exact) mass is 378 g/mol. The van der Waals surface area contributed by atoms with Crippen molar-refractivity contribution < 1.29 is 4.74 Å². The van der Waals surface area contributed by atoms with Gasteiger partial charge in [-0.15, -0.1) is 0 Å². The Bertz CT molecular complexity index is 750. The Morgan fingerprint density at radius 3 is 2.50 bits per heavy atom. The molecule has 3 rings (SSSR count). The van der Waals surface area contributed by atoms with Gasteiger partial charge in [0.25, 0.3) is 0 Å². The fourth-order valence-corrected chi connectivity index (χ4v) is 3.38. The van der Waals surface area contributed by atoms with Gasteiger partial charge in [0.1, 0.15) is 11.6 Å². The average Bonchev–Trinajstić information content (AvgIpc) is 2.72. The summed E-state index contributed by atoms with van der Waals surface area (Å²) in [5, 5.41) is 14.7. The van der Waals surface area contributed by atoms with Crippen molar-refractivity contribution in [2.45, 2.75) is 32.4 Å². The van der Waals surface area contributed by atoms with Crippen molar-refractivity contribution in [1.82, 2.24) is 10.2 Å². The van der Waals surface area contributed by atoms with Crippen molar-refractivity contribution in [3.8, 4) is 5.75 Å². The van der Waals surface area contributed by atoms with Gasteiger partial charge in [-0.1, -0.05) is 30.3 Å². The molecule has 1 aliphatic heterocycles. The van der Waals surface area contributed by atoms with Crippen LogP contribution in [0.25, 0.3) is 0 Å². The molecular formula is C23H30N4O. The highest BCUT2D eigenvalue weighted by molar-refractivity contribution is 5.90. The van der Waals surface area contributed by atoms with Gasteiger partial charge in [-0.2, -0.15) is 0 Å². The van der Waals surface area contributed by atoms with E-state index in [2.05, 4.69) is 45.9 Å². The molecule has 5 heteroatoms. The molecule has 0 aromatic heterocycles. The van der Waals surface area contributed by atoms with Crippen LogP contribution in [0.2, 0.25) is 0 Å². The number of likely N-dealkylation sites (tertiary alicyclic amines) is 1. The van der Waals surface area contributed by atoms with Crippen molar-refractivity contribution in [2.24, 2.45) is 0 Å². The topological polar surface area (TPSA) is 60.4 Å². The molecule has 0 aliphatic carbocycles. The Balaban J connectivity index is 1.36. The van der Waals surface area contributed by atoms with Gasteiger partial charge in [0.05, 0.1) is 6.61 Å². The van der Waals surface area contributed by atoms with E-state index in [1.807, 2.05) is 31.2 Å². The van der Waals surface area contributed by atoms with Crippen LogP contribution < -0.4 is 15.4 Å². The second kappa shape index (κ2) is 10.5. The van der Waals surface area contributed by atoms with E-state index in [9.17, 15) is 0 Å². The van der Waals surface area contributed by atoms with Gasteiger partial charge in [0.15, 0.2) is 0 Å². The maximum absolute atomic E-state index is 8.14. The molecule has 1 saturated heterocycles. The lowest BCUT2D eigenvalue weighted by atomic mass is 10.0. The number of nitrogens with one attached hydrogen (secondary N) is 3. The van der Waals surface area contributed by atoms with Crippen LogP contribution in [0.1, 0.15) is 25.3 Å². The zero-order valence-corrected chi connectivity index (χ0v) is 16.5. The van der Waals surface area contributed by atoms with E-state index >= 15 is 0 Å². The third-order valence-corrected chi connectivity index (χ3v) is 4.86. The lowest BCUT2D eigenvalue weighted by Crippen LogP contribution is -2.43. The number of amidine groups is 1. The molecule has 0 amide bonds. The predicted molar refractivity (Wildman–Crippen MR) is 116 cm³/mol. The summed E-state index contributed by atoms with van der Waals surface area (Å²) in [6.45, 7) is 5.78. The molecule has 2 aromatic carbocycles. The minimum atomic E-state index is 0.370. The molecule has 1 fully saturated rings. The van der Waals surface area contributed by atoms with E-state index in [1.54, 1.807) is 12.3 Å². The zero-order chi connectivity index (χ0) is 19.6. The quantitative estimate of drug-likeness (QED) is 0.475. The molecule has 1 heterocycles. The first-order chi connectivity index (χ1) is 13.7. The van der Waals surface area contributed by atoms with Gasteiger partial charge in [0.2, 0.25) is 0 Å². The average molecular weight is 379 g/mol. The van der Waals surface area contributed by atoms with E-state index in [0.717, 1.165) is 43.9 Å². The largest absolute Gasteiger partial charge is 0.494 e. The summed E-state index contributed by atoms with van der Waals surface area (Å²) in [4.78, 5) is 2.49. The number of anilines is 1. The van der Waals surface area contributed by atoms with Crippen LogP contribution in [0.15, 0.2) is 66.9 Å². The number of hydrogen-bond donors (Lipinski definition) is 3. The third kappa shape index (κ3) is 6.43. The molecule has 0 unspecified atom stereocenters. The van der Waals surface area contributed by atoms with Gasteiger partial charge < -0.3 is 15.4 Å². The molecule has 3 N–H and O–H groups in total. The summed E-state index contributed by atoms with van der Waals surface area (Å²) in [6, 6.07) is 18.8. The van der Waals surface area contributed by atoms with Gasteiger partial charge in [0, 0.05) is 37.6 Å². The van der Waals surface area contributed by atoms with Crippen LogP contribution in [0, 0.1) is 5.41 Å².